The van der Waals surface area contributed by atoms with Crippen LogP contribution in [0.1, 0.15) is 32.1 Å². The van der Waals surface area contributed by atoms with Gasteiger partial charge in [0.15, 0.2) is 0 Å². The van der Waals surface area contributed by atoms with E-state index >= 15 is 0 Å². The van der Waals surface area contributed by atoms with Crippen LogP contribution in [0.5, 0.6) is 0 Å². The van der Waals surface area contributed by atoms with Crippen LogP contribution < -0.4 is 0 Å². The van der Waals surface area contributed by atoms with Crippen molar-refractivity contribution in [3.8, 4) is 0 Å². The molecule has 3 rings (SSSR count). The van der Waals surface area contributed by atoms with Gasteiger partial charge in [0.05, 0.1) is 18.0 Å². The first-order chi connectivity index (χ1) is 11.8. The lowest BCUT2D eigenvalue weighted by Crippen LogP contribution is -2.40. The van der Waals surface area contributed by atoms with Crippen LogP contribution in [0.15, 0.2) is 34.7 Å². The summed E-state index contributed by atoms with van der Waals surface area (Å²) in [6.45, 7) is 4.92. The smallest absolute Gasteiger partial charge is 0.310 e. The quantitative estimate of drug-likeness (QED) is 0.903. The van der Waals surface area contributed by atoms with Gasteiger partial charge in [-0.25, -0.2) is 0 Å². The molecule has 25 heavy (non-hydrogen) atoms. The van der Waals surface area contributed by atoms with E-state index in [0.717, 1.165) is 16.7 Å². The summed E-state index contributed by atoms with van der Waals surface area (Å²) in [5.41, 5.74) is 0.0467. The van der Waals surface area contributed by atoms with Crippen molar-refractivity contribution >= 4 is 22.8 Å². The van der Waals surface area contributed by atoms with E-state index in [1.165, 1.54) is 0 Å². The highest BCUT2D eigenvalue weighted by Crippen LogP contribution is 2.31. The molecule has 1 aromatic heterocycles. The molecule has 1 aliphatic rings. The first-order valence-electron chi connectivity index (χ1n) is 8.50. The second kappa shape index (κ2) is 6.52. The molecule has 1 fully saturated rings. The normalized spacial score (nSPS) is 22.2. The summed E-state index contributed by atoms with van der Waals surface area (Å²) in [4.78, 5) is 27.5. The monoisotopic (exact) mass is 344 g/mol. The minimum atomic E-state index is -0.800. The number of carboxylic acids is 1. The van der Waals surface area contributed by atoms with Crippen molar-refractivity contribution in [1.29, 1.82) is 0 Å². The molecule has 1 amide bonds. The predicted octanol–water partition coefficient (Wildman–Crippen LogP) is 2.75. The van der Waals surface area contributed by atoms with Gasteiger partial charge in [0.2, 0.25) is 5.91 Å². The molecule has 2 atom stereocenters. The number of benzene rings is 1. The highest BCUT2D eigenvalue weighted by atomic mass is 16.4. The van der Waals surface area contributed by atoms with E-state index in [4.69, 9.17) is 4.42 Å². The van der Waals surface area contributed by atoms with E-state index in [0.29, 0.717) is 19.5 Å². The van der Waals surface area contributed by atoms with E-state index in [-0.39, 0.29) is 18.5 Å². The average molecular weight is 344 g/mol. The SMILES string of the molecule is CC(c1cc2ccccc2o1)N(C)C(=O)CN1CCC(C)(C(=O)O)C1. The average Bonchev–Trinajstić information content (AvgIpc) is 3.17. The molecular weight excluding hydrogens is 320 g/mol. The Bertz CT molecular complexity index is 767. The number of fused-ring (bicyclic) bond motifs is 1. The van der Waals surface area contributed by atoms with Crippen molar-refractivity contribution in [3.63, 3.8) is 0 Å². The van der Waals surface area contributed by atoms with Gasteiger partial charge in [-0.3, -0.25) is 14.5 Å². The lowest BCUT2D eigenvalue weighted by atomic mass is 9.90. The Morgan fingerprint density at radius 2 is 2.12 bits per heavy atom. The number of hydrogen-bond acceptors (Lipinski definition) is 4. The van der Waals surface area contributed by atoms with E-state index in [1.54, 1.807) is 18.9 Å². The topological polar surface area (TPSA) is 74.0 Å². The Kier molecular flexibility index (Phi) is 4.56. The van der Waals surface area contributed by atoms with Crippen molar-refractivity contribution in [2.24, 2.45) is 5.41 Å². The number of hydrogen-bond donors (Lipinski definition) is 1. The predicted molar refractivity (Wildman–Crippen MR) is 94.2 cm³/mol. The van der Waals surface area contributed by atoms with Crippen LogP contribution in [-0.2, 0) is 9.59 Å². The number of nitrogens with zero attached hydrogens (tertiary/aromatic N) is 2. The van der Waals surface area contributed by atoms with Gasteiger partial charge < -0.3 is 14.4 Å². The summed E-state index contributed by atoms with van der Waals surface area (Å²) in [5, 5.41) is 10.3. The van der Waals surface area contributed by atoms with Crippen LogP contribution in [0.25, 0.3) is 11.0 Å². The fourth-order valence-electron chi connectivity index (χ4n) is 3.28. The van der Waals surface area contributed by atoms with Crippen LogP contribution in [0.2, 0.25) is 0 Å². The number of para-hydroxylation sites is 1. The standard InChI is InChI=1S/C19H24N2O4/c1-13(16-10-14-6-4-5-7-15(14)25-16)20(3)17(22)11-21-9-8-19(2,12-21)18(23)24/h4-7,10,13H,8-9,11-12H2,1-3H3,(H,23,24). The highest BCUT2D eigenvalue weighted by molar-refractivity contribution is 5.80. The molecular formula is C19H24N2O4. The maximum Gasteiger partial charge on any atom is 0.310 e. The Morgan fingerprint density at radius 3 is 2.76 bits per heavy atom. The van der Waals surface area contributed by atoms with Gasteiger partial charge in [0.1, 0.15) is 11.3 Å². The number of amides is 1. The summed E-state index contributed by atoms with van der Waals surface area (Å²) >= 11 is 0. The van der Waals surface area contributed by atoms with Gasteiger partial charge >= 0.3 is 5.97 Å². The van der Waals surface area contributed by atoms with Gasteiger partial charge in [-0.15, -0.1) is 0 Å². The minimum absolute atomic E-state index is 0.0393. The Labute approximate surface area is 147 Å². The maximum atomic E-state index is 12.6. The Balaban J connectivity index is 1.65. The molecule has 2 heterocycles. The molecule has 6 heteroatoms. The Morgan fingerprint density at radius 1 is 1.40 bits per heavy atom. The van der Waals surface area contributed by atoms with Crippen LogP contribution in [0.3, 0.4) is 0 Å². The number of rotatable bonds is 5. The van der Waals surface area contributed by atoms with E-state index < -0.39 is 11.4 Å². The van der Waals surface area contributed by atoms with Crippen molar-refractivity contribution in [2.45, 2.75) is 26.3 Å². The molecule has 134 valence electrons. The van der Waals surface area contributed by atoms with Crippen molar-refractivity contribution in [2.75, 3.05) is 26.7 Å². The number of carboxylic acid groups (broad SMARTS) is 1. The number of carbonyl (C=O) groups excluding carboxylic acids is 1. The van der Waals surface area contributed by atoms with Crippen LogP contribution in [0.4, 0.5) is 0 Å². The molecule has 0 bridgehead atoms. The number of likely N-dealkylation sites (tertiary alicyclic amines) is 1. The van der Waals surface area contributed by atoms with Gasteiger partial charge in [-0.2, -0.15) is 0 Å². The molecule has 0 saturated carbocycles. The largest absolute Gasteiger partial charge is 0.481 e. The van der Waals surface area contributed by atoms with E-state index in [1.807, 2.05) is 42.2 Å². The van der Waals surface area contributed by atoms with E-state index in [9.17, 15) is 14.7 Å². The molecule has 1 saturated heterocycles. The lowest BCUT2D eigenvalue weighted by Gasteiger charge is -2.26. The summed E-state index contributed by atoms with van der Waals surface area (Å²) < 4.78 is 5.85. The molecule has 1 aliphatic heterocycles. The minimum Gasteiger partial charge on any atom is -0.481 e. The second-order valence-electron chi connectivity index (χ2n) is 7.19. The molecule has 1 N–H and O–H groups in total. The number of likely N-dealkylation sites (N-methyl/N-ethyl adjacent to an activating group) is 1. The third-order valence-corrected chi connectivity index (χ3v) is 5.26. The fourth-order valence-corrected chi connectivity index (χ4v) is 3.28. The van der Waals surface area contributed by atoms with Crippen LogP contribution >= 0.6 is 0 Å². The molecule has 0 spiro atoms. The Hall–Kier alpha value is -2.34. The third kappa shape index (κ3) is 3.39. The van der Waals surface area contributed by atoms with Gasteiger partial charge in [-0.1, -0.05) is 18.2 Å². The molecule has 1 aromatic carbocycles. The van der Waals surface area contributed by atoms with Crippen molar-refractivity contribution in [3.05, 3.63) is 36.1 Å². The summed E-state index contributed by atoms with van der Waals surface area (Å²) in [5.74, 6) is -0.0945. The van der Waals surface area contributed by atoms with Crippen LogP contribution in [-0.4, -0.2) is 53.5 Å². The summed E-state index contributed by atoms with van der Waals surface area (Å²) in [6, 6.07) is 9.53. The van der Waals surface area contributed by atoms with Crippen molar-refractivity contribution < 1.29 is 19.1 Å². The molecule has 2 unspecified atom stereocenters. The first-order valence-corrected chi connectivity index (χ1v) is 8.50. The zero-order chi connectivity index (χ0) is 18.2. The molecule has 6 nitrogen and oxygen atoms in total. The maximum absolute atomic E-state index is 12.6. The second-order valence-corrected chi connectivity index (χ2v) is 7.19. The number of furan rings is 1. The molecule has 0 aliphatic carbocycles. The van der Waals surface area contributed by atoms with Gasteiger partial charge in [0, 0.05) is 19.0 Å². The van der Waals surface area contributed by atoms with Gasteiger partial charge in [-0.05, 0) is 38.9 Å². The van der Waals surface area contributed by atoms with Crippen molar-refractivity contribution in [1.82, 2.24) is 9.80 Å². The zero-order valence-corrected chi connectivity index (χ0v) is 14.9. The number of carbonyl (C=O) groups is 2. The summed E-state index contributed by atoms with van der Waals surface area (Å²) in [7, 11) is 1.76. The van der Waals surface area contributed by atoms with Crippen LogP contribution in [0, 0.1) is 5.41 Å². The lowest BCUT2D eigenvalue weighted by molar-refractivity contribution is -0.147. The first kappa shape index (κ1) is 17.5. The highest BCUT2D eigenvalue weighted by Gasteiger charge is 2.41. The van der Waals surface area contributed by atoms with E-state index in [2.05, 4.69) is 0 Å². The zero-order valence-electron chi connectivity index (χ0n) is 14.9. The fraction of sp³-hybridized carbons (Fsp3) is 0.474. The summed E-state index contributed by atoms with van der Waals surface area (Å²) in [6.07, 6.45) is 0.568. The number of aliphatic carboxylic acids is 1. The molecule has 2 aromatic rings. The van der Waals surface area contributed by atoms with Gasteiger partial charge in [0.25, 0.3) is 0 Å². The molecule has 0 radical (unpaired) electrons. The third-order valence-electron chi connectivity index (χ3n) is 5.26.